The number of imidazole rings is 1. The monoisotopic (exact) mass is 747 g/mol. The summed E-state index contributed by atoms with van der Waals surface area (Å²) in [6, 6.07) is 34.0. The van der Waals surface area contributed by atoms with E-state index in [2.05, 4.69) is 132 Å². The normalized spacial score (nSPS) is 18.3. The van der Waals surface area contributed by atoms with E-state index < -0.39 is 26.4 Å². The molecule has 0 amide bonds. The molecule has 5 aromatic rings. The summed E-state index contributed by atoms with van der Waals surface area (Å²) in [7, 11) is 2.31. The van der Waals surface area contributed by atoms with Gasteiger partial charge in [-0.3, -0.25) is 9.88 Å². The third kappa shape index (κ3) is 8.68. The van der Waals surface area contributed by atoms with Crippen LogP contribution in [0, 0.1) is 11.3 Å². The van der Waals surface area contributed by atoms with Crippen molar-refractivity contribution >= 4 is 31.8 Å². The molecule has 12 nitrogen and oxygen atoms in total. The summed E-state index contributed by atoms with van der Waals surface area (Å²) in [6.07, 6.45) is 4.99. The van der Waals surface area contributed by atoms with E-state index in [1.54, 1.807) is 12.7 Å². The van der Waals surface area contributed by atoms with Crippen LogP contribution in [-0.2, 0) is 19.3 Å². The van der Waals surface area contributed by atoms with Gasteiger partial charge in [0.15, 0.2) is 17.0 Å². The van der Waals surface area contributed by atoms with E-state index >= 15 is 0 Å². The number of aliphatic imine (C=N–C) groups is 1. The van der Waals surface area contributed by atoms with Gasteiger partial charge in [0, 0.05) is 38.6 Å². The molecular weight excluding hydrogens is 697 g/mol. The average molecular weight is 748 g/mol. The fourth-order valence-corrected chi connectivity index (χ4v) is 8.68. The Balaban J connectivity index is 1.43. The summed E-state index contributed by atoms with van der Waals surface area (Å²) in [5.74, 6) is 0.485. The van der Waals surface area contributed by atoms with Gasteiger partial charge in [-0.05, 0) is 44.4 Å². The first-order valence-electron chi connectivity index (χ1n) is 18.4. The number of nitrogens with zero attached hydrogens (tertiary/aromatic N) is 8. The lowest BCUT2D eigenvalue weighted by Crippen LogP contribution is -2.53. The number of ether oxygens (including phenoxy) is 1. The van der Waals surface area contributed by atoms with Gasteiger partial charge >= 0.3 is 0 Å². The first-order chi connectivity index (χ1) is 26.2. The standard InChI is InChI=1S/C41H50N9O3P/c1-30(2)50(31(3)4)54(51-24-16-23-42)52-26-36-35(25-37(53-36)49-29-45-38-39(46-28-48(5)6)43-27-44-40(38)49)47-41(32-17-10-7-11-18-32,33-19-12-8-13-20-33)34-21-14-9-15-22-34/h7-15,17-22,27-31,35-37,47H,16,24-26H2,1-6H3/b46-28-/t35-,36?,37-,54?/m1/s1. The minimum Gasteiger partial charge on any atom is -0.369 e. The van der Waals surface area contributed by atoms with Crippen molar-refractivity contribution in [3.63, 3.8) is 0 Å². The summed E-state index contributed by atoms with van der Waals surface area (Å²) in [5, 5.41) is 13.5. The van der Waals surface area contributed by atoms with Gasteiger partial charge in [-0.1, -0.05) is 91.0 Å². The number of rotatable bonds is 17. The molecule has 0 saturated carbocycles. The Labute approximate surface area is 319 Å². The van der Waals surface area contributed by atoms with Crippen LogP contribution >= 0.6 is 8.53 Å². The molecule has 54 heavy (non-hydrogen) atoms. The second kappa shape index (κ2) is 18.2. The van der Waals surface area contributed by atoms with Gasteiger partial charge in [-0.15, -0.1) is 0 Å². The lowest BCUT2D eigenvalue weighted by molar-refractivity contribution is -0.0242. The van der Waals surface area contributed by atoms with Crippen LogP contribution in [0.4, 0.5) is 5.82 Å². The van der Waals surface area contributed by atoms with Gasteiger partial charge < -0.3 is 18.7 Å². The maximum atomic E-state index is 9.30. The number of benzene rings is 3. The second-order valence-corrected chi connectivity index (χ2v) is 15.5. The van der Waals surface area contributed by atoms with E-state index in [-0.39, 0.29) is 37.8 Å². The van der Waals surface area contributed by atoms with Crippen molar-refractivity contribution in [2.24, 2.45) is 4.99 Å². The number of nitrogens with one attached hydrogen (secondary N) is 1. The Morgan fingerprint density at radius 1 is 0.926 bits per heavy atom. The molecule has 6 rings (SSSR count). The fraction of sp³-hybridized carbons (Fsp3) is 0.390. The summed E-state index contributed by atoms with van der Waals surface area (Å²) < 4.78 is 24.3. The highest BCUT2D eigenvalue weighted by Crippen LogP contribution is 2.47. The van der Waals surface area contributed by atoms with E-state index in [4.69, 9.17) is 18.8 Å². The quantitative estimate of drug-likeness (QED) is 0.0335. The van der Waals surface area contributed by atoms with Crippen LogP contribution in [0.5, 0.6) is 0 Å². The molecule has 4 atom stereocenters. The van der Waals surface area contributed by atoms with Gasteiger partial charge in [0.05, 0.1) is 50.0 Å². The van der Waals surface area contributed by atoms with E-state index in [0.717, 1.165) is 16.7 Å². The topological polar surface area (TPSA) is 126 Å². The molecule has 2 unspecified atom stereocenters. The molecule has 1 N–H and O–H groups in total. The maximum absolute atomic E-state index is 9.30. The predicted octanol–water partition coefficient (Wildman–Crippen LogP) is 7.58. The molecule has 2 aromatic heterocycles. The number of aromatic nitrogens is 4. The van der Waals surface area contributed by atoms with Crippen molar-refractivity contribution in [2.75, 3.05) is 27.3 Å². The van der Waals surface area contributed by atoms with E-state index in [0.29, 0.717) is 23.4 Å². The Bertz CT molecular complexity index is 1880. The first kappa shape index (κ1) is 39.1. The molecule has 0 bridgehead atoms. The number of hydrogen-bond donors (Lipinski definition) is 1. The van der Waals surface area contributed by atoms with Crippen LogP contribution in [0.3, 0.4) is 0 Å². The van der Waals surface area contributed by atoms with Crippen LogP contribution in [0.25, 0.3) is 11.2 Å². The molecule has 0 aliphatic carbocycles. The zero-order valence-corrected chi connectivity index (χ0v) is 32.8. The number of hydrogen-bond acceptors (Lipinski definition) is 10. The number of nitriles is 1. The van der Waals surface area contributed by atoms with Crippen LogP contribution in [-0.4, -0.2) is 87.0 Å². The van der Waals surface area contributed by atoms with Crippen molar-refractivity contribution in [1.82, 2.24) is 34.4 Å². The Hall–Kier alpha value is -4.60. The lowest BCUT2D eigenvalue weighted by Gasteiger charge is -2.40. The Morgan fingerprint density at radius 2 is 1.52 bits per heavy atom. The minimum absolute atomic E-state index is 0.160. The smallest absolute Gasteiger partial charge is 0.259 e. The van der Waals surface area contributed by atoms with Crippen molar-refractivity contribution in [2.45, 2.75) is 76.5 Å². The minimum atomic E-state index is -1.50. The fourth-order valence-electron chi connectivity index (χ4n) is 7.07. The number of fused-ring (bicyclic) bond motifs is 1. The molecule has 1 aliphatic heterocycles. The van der Waals surface area contributed by atoms with Crippen molar-refractivity contribution in [3.05, 3.63) is 120 Å². The average Bonchev–Trinajstić information content (AvgIpc) is 3.80. The van der Waals surface area contributed by atoms with Gasteiger partial charge in [-0.25, -0.2) is 24.6 Å². The largest absolute Gasteiger partial charge is 0.369 e. The molecule has 0 spiro atoms. The van der Waals surface area contributed by atoms with E-state index in [1.807, 2.05) is 41.8 Å². The van der Waals surface area contributed by atoms with Crippen LogP contribution in [0.1, 0.15) is 63.5 Å². The lowest BCUT2D eigenvalue weighted by atomic mass is 9.76. The van der Waals surface area contributed by atoms with Crippen LogP contribution in [0.2, 0.25) is 0 Å². The summed E-state index contributed by atoms with van der Waals surface area (Å²) in [5.41, 5.74) is 3.78. The van der Waals surface area contributed by atoms with Gasteiger partial charge in [0.1, 0.15) is 12.6 Å². The molecule has 1 aliphatic rings. The summed E-state index contributed by atoms with van der Waals surface area (Å²) >= 11 is 0. The highest BCUT2D eigenvalue weighted by molar-refractivity contribution is 7.44. The molecule has 1 saturated heterocycles. The predicted molar refractivity (Wildman–Crippen MR) is 213 cm³/mol. The first-order valence-corrected chi connectivity index (χ1v) is 19.5. The molecule has 3 aromatic carbocycles. The molecule has 282 valence electrons. The van der Waals surface area contributed by atoms with Gasteiger partial charge in [-0.2, -0.15) is 5.26 Å². The third-order valence-corrected chi connectivity index (χ3v) is 11.4. The zero-order valence-electron chi connectivity index (χ0n) is 31.9. The highest BCUT2D eigenvalue weighted by atomic mass is 31.2. The molecule has 0 radical (unpaired) electrons. The molecule has 3 heterocycles. The summed E-state index contributed by atoms with van der Waals surface area (Å²) in [4.78, 5) is 20.1. The summed E-state index contributed by atoms with van der Waals surface area (Å²) in [6.45, 7) is 9.07. The van der Waals surface area contributed by atoms with Crippen molar-refractivity contribution in [1.29, 1.82) is 5.26 Å². The molecular formula is C41H50N9O3P. The zero-order chi connectivity index (χ0) is 38.1. The van der Waals surface area contributed by atoms with Crippen LogP contribution in [0.15, 0.2) is 109 Å². The van der Waals surface area contributed by atoms with E-state index in [9.17, 15) is 5.26 Å². The van der Waals surface area contributed by atoms with E-state index in [1.165, 1.54) is 6.33 Å². The molecule has 1 fully saturated rings. The molecule has 13 heteroatoms. The second-order valence-electron chi connectivity index (χ2n) is 14.0. The van der Waals surface area contributed by atoms with Crippen molar-refractivity contribution in [3.8, 4) is 6.07 Å². The highest BCUT2D eigenvalue weighted by Gasteiger charge is 2.45. The Kier molecular flexibility index (Phi) is 13.1. The van der Waals surface area contributed by atoms with Crippen molar-refractivity contribution < 1.29 is 13.8 Å². The van der Waals surface area contributed by atoms with Gasteiger partial charge in [0.2, 0.25) is 0 Å². The van der Waals surface area contributed by atoms with Crippen LogP contribution < -0.4 is 5.32 Å². The Morgan fingerprint density at radius 3 is 2.06 bits per heavy atom. The SMILES string of the molecule is CC(C)N(C(C)C)P(OCCC#N)OCC1O[C@@H](n2cnc3c(/N=C\N(C)C)ncnc32)C[C@H]1NC(c1ccccc1)(c1ccccc1)c1ccccc1. The third-order valence-electron chi connectivity index (χ3n) is 9.33. The van der Waals surface area contributed by atoms with Gasteiger partial charge in [0.25, 0.3) is 8.53 Å². The maximum Gasteiger partial charge on any atom is 0.259 e.